The highest BCUT2D eigenvalue weighted by atomic mass is 19.1. The van der Waals surface area contributed by atoms with E-state index in [0.29, 0.717) is 11.5 Å². The van der Waals surface area contributed by atoms with E-state index >= 15 is 0 Å². The molecule has 3 nitrogen and oxygen atoms in total. The molecule has 0 atom stereocenters. The van der Waals surface area contributed by atoms with Crippen molar-refractivity contribution in [1.82, 2.24) is 9.55 Å². The summed E-state index contributed by atoms with van der Waals surface area (Å²) in [5.41, 5.74) is 8.14. The SMILES string of the molecule is Nc1nc2cc(F)ccc2n1-c1ccccc1. The second kappa shape index (κ2) is 3.59. The lowest BCUT2D eigenvalue weighted by Gasteiger charge is -2.05. The summed E-state index contributed by atoms with van der Waals surface area (Å²) in [6, 6.07) is 14.1. The highest BCUT2D eigenvalue weighted by Crippen LogP contribution is 2.23. The summed E-state index contributed by atoms with van der Waals surface area (Å²) in [7, 11) is 0. The second-order valence-corrected chi connectivity index (χ2v) is 3.77. The maximum atomic E-state index is 13.1. The minimum absolute atomic E-state index is 0.310. The van der Waals surface area contributed by atoms with Crippen LogP contribution in [-0.4, -0.2) is 9.55 Å². The number of para-hydroxylation sites is 1. The van der Waals surface area contributed by atoms with Crippen molar-refractivity contribution in [3.8, 4) is 5.69 Å². The van der Waals surface area contributed by atoms with Crippen molar-refractivity contribution in [1.29, 1.82) is 0 Å². The van der Waals surface area contributed by atoms with Crippen LogP contribution in [0.2, 0.25) is 0 Å². The van der Waals surface area contributed by atoms with Crippen LogP contribution in [0.3, 0.4) is 0 Å². The zero-order valence-corrected chi connectivity index (χ0v) is 8.97. The Kier molecular flexibility index (Phi) is 2.08. The van der Waals surface area contributed by atoms with Gasteiger partial charge in [-0.05, 0) is 24.3 Å². The molecule has 2 N–H and O–H groups in total. The summed E-state index contributed by atoms with van der Waals surface area (Å²) in [5.74, 6) is 0.0482. The molecule has 0 radical (unpaired) electrons. The Bertz CT molecular complexity index is 674. The van der Waals surface area contributed by atoms with Crippen LogP contribution in [-0.2, 0) is 0 Å². The summed E-state index contributed by atoms with van der Waals surface area (Å²) in [6.45, 7) is 0. The molecule has 1 heterocycles. The number of hydrogen-bond acceptors (Lipinski definition) is 2. The number of hydrogen-bond donors (Lipinski definition) is 1. The molecule has 3 aromatic rings. The molecule has 2 aromatic carbocycles. The molecule has 0 amide bonds. The molecule has 0 aliphatic heterocycles. The monoisotopic (exact) mass is 227 g/mol. The van der Waals surface area contributed by atoms with Gasteiger partial charge < -0.3 is 5.73 Å². The van der Waals surface area contributed by atoms with Gasteiger partial charge in [0, 0.05) is 11.8 Å². The van der Waals surface area contributed by atoms with Crippen LogP contribution in [0.25, 0.3) is 16.7 Å². The Balaban J connectivity index is 2.33. The molecule has 84 valence electrons. The van der Waals surface area contributed by atoms with E-state index in [9.17, 15) is 4.39 Å². The van der Waals surface area contributed by atoms with Gasteiger partial charge in [-0.1, -0.05) is 18.2 Å². The first-order valence-electron chi connectivity index (χ1n) is 5.24. The van der Waals surface area contributed by atoms with E-state index in [2.05, 4.69) is 4.98 Å². The molecule has 17 heavy (non-hydrogen) atoms. The summed E-state index contributed by atoms with van der Waals surface area (Å²) < 4.78 is 14.9. The molecule has 0 spiro atoms. The van der Waals surface area contributed by atoms with Crippen molar-refractivity contribution in [2.75, 3.05) is 5.73 Å². The first kappa shape index (κ1) is 9.84. The maximum Gasteiger partial charge on any atom is 0.205 e. The fraction of sp³-hybridized carbons (Fsp3) is 0. The van der Waals surface area contributed by atoms with Crippen molar-refractivity contribution >= 4 is 17.0 Å². The fourth-order valence-electron chi connectivity index (χ4n) is 1.92. The van der Waals surface area contributed by atoms with Crippen LogP contribution < -0.4 is 5.73 Å². The largest absolute Gasteiger partial charge is 0.369 e. The standard InChI is InChI=1S/C13H10FN3/c14-9-6-7-12-11(8-9)16-13(15)17(12)10-4-2-1-3-5-10/h1-8H,(H2,15,16). The van der Waals surface area contributed by atoms with Gasteiger partial charge >= 0.3 is 0 Å². The zero-order chi connectivity index (χ0) is 11.8. The molecule has 0 unspecified atom stereocenters. The van der Waals surface area contributed by atoms with Crippen LogP contribution in [0.5, 0.6) is 0 Å². The van der Waals surface area contributed by atoms with Gasteiger partial charge in [0.05, 0.1) is 11.0 Å². The molecule has 0 aliphatic carbocycles. The normalized spacial score (nSPS) is 10.9. The van der Waals surface area contributed by atoms with Crippen LogP contribution in [0.15, 0.2) is 48.5 Å². The molecule has 0 saturated heterocycles. The number of halogens is 1. The number of imidazole rings is 1. The van der Waals surface area contributed by atoms with E-state index < -0.39 is 0 Å². The van der Waals surface area contributed by atoms with E-state index in [1.54, 1.807) is 10.6 Å². The predicted octanol–water partition coefficient (Wildman–Crippen LogP) is 2.75. The topological polar surface area (TPSA) is 43.8 Å². The van der Waals surface area contributed by atoms with Gasteiger partial charge in [-0.3, -0.25) is 4.57 Å². The number of aromatic nitrogens is 2. The van der Waals surface area contributed by atoms with Gasteiger partial charge in [0.15, 0.2) is 0 Å². The lowest BCUT2D eigenvalue weighted by Crippen LogP contribution is -1.99. The first-order chi connectivity index (χ1) is 8.25. The van der Waals surface area contributed by atoms with E-state index in [1.165, 1.54) is 12.1 Å². The van der Waals surface area contributed by atoms with Crippen molar-refractivity contribution < 1.29 is 4.39 Å². The number of nitrogens with zero attached hydrogens (tertiary/aromatic N) is 2. The quantitative estimate of drug-likeness (QED) is 0.694. The van der Waals surface area contributed by atoms with E-state index in [0.717, 1.165) is 11.2 Å². The van der Waals surface area contributed by atoms with Crippen molar-refractivity contribution in [2.45, 2.75) is 0 Å². The molecule has 0 saturated carbocycles. The van der Waals surface area contributed by atoms with E-state index in [4.69, 9.17) is 5.73 Å². The molecule has 0 fully saturated rings. The molecular weight excluding hydrogens is 217 g/mol. The predicted molar refractivity (Wildman–Crippen MR) is 65.4 cm³/mol. The Morgan fingerprint density at radius 1 is 1.06 bits per heavy atom. The van der Waals surface area contributed by atoms with Gasteiger partial charge in [0.1, 0.15) is 5.82 Å². The van der Waals surface area contributed by atoms with Gasteiger partial charge in [-0.15, -0.1) is 0 Å². The minimum Gasteiger partial charge on any atom is -0.369 e. The van der Waals surface area contributed by atoms with Crippen molar-refractivity contribution in [2.24, 2.45) is 0 Å². The average molecular weight is 227 g/mol. The average Bonchev–Trinajstić information content (AvgIpc) is 2.65. The third-order valence-corrected chi connectivity index (χ3v) is 2.66. The molecule has 3 rings (SSSR count). The Morgan fingerprint density at radius 2 is 1.82 bits per heavy atom. The maximum absolute atomic E-state index is 13.1. The van der Waals surface area contributed by atoms with Crippen LogP contribution in [0, 0.1) is 5.82 Å². The van der Waals surface area contributed by atoms with Gasteiger partial charge in [0.25, 0.3) is 0 Å². The smallest absolute Gasteiger partial charge is 0.205 e. The van der Waals surface area contributed by atoms with E-state index in [1.807, 2.05) is 30.3 Å². The number of nitrogen functional groups attached to an aromatic ring is 1. The van der Waals surface area contributed by atoms with E-state index in [-0.39, 0.29) is 5.82 Å². The van der Waals surface area contributed by atoms with Crippen molar-refractivity contribution in [3.63, 3.8) is 0 Å². The molecule has 4 heteroatoms. The summed E-state index contributed by atoms with van der Waals surface area (Å²) >= 11 is 0. The van der Waals surface area contributed by atoms with Crippen LogP contribution in [0.1, 0.15) is 0 Å². The highest BCUT2D eigenvalue weighted by molar-refractivity contribution is 5.80. The fourth-order valence-corrected chi connectivity index (χ4v) is 1.92. The van der Waals surface area contributed by atoms with Gasteiger partial charge in [-0.25, -0.2) is 9.37 Å². The summed E-state index contributed by atoms with van der Waals surface area (Å²) in [4.78, 5) is 4.15. The van der Waals surface area contributed by atoms with Gasteiger partial charge in [-0.2, -0.15) is 0 Å². The summed E-state index contributed by atoms with van der Waals surface area (Å²) in [6.07, 6.45) is 0. The first-order valence-corrected chi connectivity index (χ1v) is 5.24. The Morgan fingerprint density at radius 3 is 2.59 bits per heavy atom. The molecule has 0 aliphatic rings. The lowest BCUT2D eigenvalue weighted by atomic mass is 10.3. The number of rotatable bonds is 1. The number of fused-ring (bicyclic) bond motifs is 1. The van der Waals surface area contributed by atoms with Crippen LogP contribution in [0.4, 0.5) is 10.3 Å². The Hall–Kier alpha value is -2.36. The number of nitrogens with two attached hydrogens (primary N) is 1. The van der Waals surface area contributed by atoms with Crippen molar-refractivity contribution in [3.05, 3.63) is 54.3 Å². The third kappa shape index (κ3) is 1.54. The highest BCUT2D eigenvalue weighted by Gasteiger charge is 2.09. The zero-order valence-electron chi connectivity index (χ0n) is 8.97. The molecule has 0 bridgehead atoms. The molecule has 1 aromatic heterocycles. The second-order valence-electron chi connectivity index (χ2n) is 3.77. The van der Waals surface area contributed by atoms with Gasteiger partial charge in [0.2, 0.25) is 5.95 Å². The Labute approximate surface area is 97.3 Å². The summed E-state index contributed by atoms with van der Waals surface area (Å²) in [5, 5.41) is 0. The number of benzene rings is 2. The minimum atomic E-state index is -0.310. The molecular formula is C13H10FN3. The van der Waals surface area contributed by atoms with Crippen LogP contribution >= 0.6 is 0 Å². The lowest BCUT2D eigenvalue weighted by molar-refractivity contribution is 0.629. The number of anilines is 1. The third-order valence-electron chi connectivity index (χ3n) is 2.66.